The van der Waals surface area contributed by atoms with E-state index in [-0.39, 0.29) is 27.8 Å². The van der Waals surface area contributed by atoms with E-state index in [1.54, 1.807) is 156 Å². The molecular formula is C107H76ClF2N15O10. The van der Waals surface area contributed by atoms with Crippen molar-refractivity contribution in [2.24, 2.45) is 0 Å². The van der Waals surface area contributed by atoms with Crippen molar-refractivity contribution in [1.82, 2.24) is 73.8 Å². The van der Waals surface area contributed by atoms with Gasteiger partial charge in [-0.1, -0.05) is 133 Å². The van der Waals surface area contributed by atoms with E-state index in [0.717, 1.165) is 118 Å². The number of rotatable bonds is 20. The molecule has 0 saturated heterocycles. The first-order valence-electron chi connectivity index (χ1n) is 41.7. The number of aromatic nitrogens is 15. The summed E-state index contributed by atoms with van der Waals surface area (Å²) >= 11 is 6.17. The molecule has 0 bridgehead atoms. The van der Waals surface area contributed by atoms with Crippen LogP contribution in [0.3, 0.4) is 0 Å². The molecular weight excluding hydrogens is 1730 g/mol. The number of aryl methyl sites for hydroxylation is 2. The Hall–Kier alpha value is -18.5. The summed E-state index contributed by atoms with van der Waals surface area (Å²) in [6.07, 6.45) is 26.0. The highest BCUT2D eigenvalue weighted by Crippen LogP contribution is 2.40. The number of aromatic carboxylic acids is 5. The zero-order chi connectivity index (χ0) is 94.0. The number of benzene rings is 10. The van der Waals surface area contributed by atoms with Gasteiger partial charge in [0.05, 0.1) is 56.3 Å². The number of hydrogen-bond acceptors (Lipinski definition) is 15. The second-order valence-corrected chi connectivity index (χ2v) is 30.7. The van der Waals surface area contributed by atoms with E-state index >= 15 is 0 Å². The number of para-hydroxylation sites is 5. The molecule has 0 spiro atoms. The normalized spacial score (nSPS) is 10.7. The molecule has 0 atom stereocenters. The molecule has 0 aliphatic carbocycles. The van der Waals surface area contributed by atoms with Crippen LogP contribution in [-0.2, 0) is 0 Å². The summed E-state index contributed by atoms with van der Waals surface area (Å²) < 4.78 is 37.7. The summed E-state index contributed by atoms with van der Waals surface area (Å²) in [5.41, 5.74) is 20.6. The van der Waals surface area contributed by atoms with E-state index in [9.17, 15) is 58.3 Å². The Balaban J connectivity index is 0.000000123. The molecule has 0 radical (unpaired) electrons. The smallest absolute Gasteiger partial charge is 0.338 e. The average molecular weight is 1810 g/mol. The maximum atomic E-state index is 14.9. The van der Waals surface area contributed by atoms with Gasteiger partial charge in [-0.25, -0.2) is 56.2 Å². The summed E-state index contributed by atoms with van der Waals surface area (Å²) in [4.78, 5) is 77.4. The van der Waals surface area contributed by atoms with Crippen LogP contribution < -0.4 is 0 Å². The molecule has 25 nitrogen and oxygen atoms in total. The Bertz CT molecular complexity index is 7190. The number of hydrogen-bond donors (Lipinski definition) is 5. The SMILES string of the molecule is Cc1cc(C(=O)O)cc(-c2cn(-c3ccccc3)nc2-c2ccncc2)c1.Cc1ccc(-c2cn(-c3ccccc3)nc2-c2ccncc2)cc1C(=O)O.O=C(O)c1cc(Cl)cc(-c2cn(-c3ccccc3)nc2-c2ccncc2)c1.O=C(O)c1cc(F)cc(-c2cn(-c3ccccc3)nc2-c2ccncc2)c1.O=C(O)c1cccc(-c2cn(-c3ccccc3)nc2-c2ccncc2)c1F. The van der Waals surface area contributed by atoms with Gasteiger partial charge in [0.1, 0.15) is 40.1 Å². The van der Waals surface area contributed by atoms with Crippen LogP contribution in [0.2, 0.25) is 5.02 Å². The first-order chi connectivity index (χ1) is 65.6. The Morgan fingerprint density at radius 3 is 0.889 bits per heavy atom. The lowest BCUT2D eigenvalue weighted by Gasteiger charge is -2.06. The fraction of sp³-hybridized carbons (Fsp3) is 0.0187. The lowest BCUT2D eigenvalue weighted by molar-refractivity contribution is 0.0681. The molecule has 28 heteroatoms. The first kappa shape index (κ1) is 89.9. The van der Waals surface area contributed by atoms with Crippen molar-refractivity contribution in [1.29, 1.82) is 0 Å². The fourth-order valence-corrected chi connectivity index (χ4v) is 15.1. The third kappa shape index (κ3) is 21.3. The van der Waals surface area contributed by atoms with Crippen LogP contribution in [0.25, 0.3) is 140 Å². The van der Waals surface area contributed by atoms with Gasteiger partial charge in [-0.05, 0) is 229 Å². The van der Waals surface area contributed by atoms with Gasteiger partial charge >= 0.3 is 29.8 Å². The van der Waals surface area contributed by atoms with Gasteiger partial charge in [0.2, 0.25) is 0 Å². The third-order valence-corrected chi connectivity index (χ3v) is 21.5. The monoisotopic (exact) mass is 1800 g/mol. The molecule has 0 unspecified atom stereocenters. The van der Waals surface area contributed by atoms with Gasteiger partial charge in [-0.2, -0.15) is 25.5 Å². The van der Waals surface area contributed by atoms with Crippen molar-refractivity contribution in [2.45, 2.75) is 13.8 Å². The van der Waals surface area contributed by atoms with Crippen LogP contribution in [0.1, 0.15) is 62.9 Å². The van der Waals surface area contributed by atoms with Crippen molar-refractivity contribution in [3.63, 3.8) is 0 Å². The Labute approximate surface area is 775 Å². The van der Waals surface area contributed by atoms with Gasteiger partial charge in [-0.3, -0.25) is 24.9 Å². The molecule has 20 aromatic rings. The number of nitrogens with zero attached hydrogens (tertiary/aromatic N) is 15. The average Bonchev–Trinajstić information content (AvgIpc) is 1.65. The summed E-state index contributed by atoms with van der Waals surface area (Å²) in [6, 6.07) is 90.4. The summed E-state index contributed by atoms with van der Waals surface area (Å²) in [6.45, 7) is 3.69. The highest BCUT2D eigenvalue weighted by Gasteiger charge is 2.25. The minimum absolute atomic E-state index is 0.113. The molecule has 0 amide bonds. The lowest BCUT2D eigenvalue weighted by atomic mass is 9.98. The van der Waals surface area contributed by atoms with E-state index < -0.39 is 41.5 Å². The lowest BCUT2D eigenvalue weighted by Crippen LogP contribution is -2.01. The zero-order valence-corrected chi connectivity index (χ0v) is 72.4. The minimum Gasteiger partial charge on any atom is -0.478 e. The molecule has 660 valence electrons. The predicted octanol–water partition coefficient (Wildman–Crippen LogP) is 23.0. The number of pyridine rings is 5. The largest absolute Gasteiger partial charge is 0.478 e. The van der Waals surface area contributed by atoms with Crippen molar-refractivity contribution >= 4 is 41.4 Å². The molecule has 0 aliphatic heterocycles. The summed E-state index contributed by atoms with van der Waals surface area (Å²) in [7, 11) is 0. The Morgan fingerprint density at radius 1 is 0.259 bits per heavy atom. The predicted molar refractivity (Wildman–Crippen MR) is 510 cm³/mol. The minimum atomic E-state index is -1.31. The van der Waals surface area contributed by atoms with Crippen molar-refractivity contribution in [2.75, 3.05) is 0 Å². The van der Waals surface area contributed by atoms with E-state index in [0.29, 0.717) is 44.2 Å². The zero-order valence-electron chi connectivity index (χ0n) is 71.6. The second kappa shape index (κ2) is 41.3. The number of halogens is 3. The Morgan fingerprint density at radius 2 is 0.556 bits per heavy atom. The van der Waals surface area contributed by atoms with Crippen LogP contribution in [0, 0.1) is 25.5 Å². The van der Waals surface area contributed by atoms with E-state index in [1.165, 1.54) is 30.3 Å². The summed E-state index contributed by atoms with van der Waals surface area (Å²) in [5, 5.41) is 70.6. The second-order valence-electron chi connectivity index (χ2n) is 30.3. The van der Waals surface area contributed by atoms with Crippen LogP contribution in [0.4, 0.5) is 8.78 Å². The maximum absolute atomic E-state index is 14.9. The standard InChI is InChI=1S/2C22H17N3O2.C21H14ClN3O2.2C21H14FN3O2/c1-15-11-17(13-18(12-15)22(26)27)20-14-25(19-5-3-2-4-6-19)24-21(20)16-7-9-23-10-8-16;1-15-7-8-17(13-19(15)22(26)27)20-14-25(18-5-3-2-4-6-18)24-21(20)16-9-11-23-12-10-16;22-17-11-15(10-16(12-17)21(26)27)19-13-25(18-4-2-1-3-5-18)24-20(19)14-6-8-23-9-7-14;22-19-16(7-4-8-17(19)21(26)27)18-13-25(15-5-2-1-3-6-15)24-20(18)14-9-11-23-12-10-14;22-17-11-15(10-16(12-17)21(26)27)19-13-25(18-4-2-1-3-5-18)24-20(19)14-6-8-23-9-7-14/h2*2-14H,1H3,(H,26,27);3*1-13H,(H,26,27). The molecule has 0 fully saturated rings. The quantitative estimate of drug-likeness (QED) is 0.0473. The third-order valence-electron chi connectivity index (χ3n) is 21.3. The maximum Gasteiger partial charge on any atom is 0.338 e. The van der Waals surface area contributed by atoms with Crippen molar-refractivity contribution in [3.05, 3.63) is 452 Å². The van der Waals surface area contributed by atoms with Gasteiger partial charge in [0, 0.05) is 159 Å². The molecule has 5 N–H and O–H groups in total. The molecule has 0 aliphatic rings. The fourth-order valence-electron chi connectivity index (χ4n) is 14.8. The van der Waals surface area contributed by atoms with Crippen molar-refractivity contribution in [3.8, 4) is 140 Å². The first-order valence-corrected chi connectivity index (χ1v) is 42.1. The Kier molecular flexibility index (Phi) is 27.5. The number of carbonyl (C=O) groups is 5. The van der Waals surface area contributed by atoms with Gasteiger partial charge in [0.25, 0.3) is 0 Å². The van der Waals surface area contributed by atoms with E-state index in [1.807, 2.05) is 241 Å². The van der Waals surface area contributed by atoms with E-state index in [2.05, 4.69) is 35.1 Å². The van der Waals surface area contributed by atoms with Gasteiger partial charge in [0.15, 0.2) is 0 Å². The van der Waals surface area contributed by atoms with Crippen LogP contribution in [0.5, 0.6) is 0 Å². The number of carboxylic acid groups (broad SMARTS) is 5. The van der Waals surface area contributed by atoms with Crippen LogP contribution in [0.15, 0.2) is 396 Å². The van der Waals surface area contributed by atoms with Gasteiger partial charge in [-0.15, -0.1) is 0 Å². The highest BCUT2D eigenvalue weighted by molar-refractivity contribution is 6.31. The summed E-state index contributed by atoms with van der Waals surface area (Å²) in [5.74, 6) is -6.80. The molecule has 10 aromatic carbocycles. The molecule has 10 aromatic heterocycles. The van der Waals surface area contributed by atoms with Gasteiger partial charge < -0.3 is 25.5 Å². The van der Waals surface area contributed by atoms with E-state index in [4.69, 9.17) is 26.9 Å². The topological polar surface area (TPSA) is 340 Å². The molecule has 135 heavy (non-hydrogen) atoms. The molecule has 0 saturated carbocycles. The van der Waals surface area contributed by atoms with Crippen LogP contribution in [-0.4, -0.2) is 129 Å². The molecule has 10 heterocycles. The highest BCUT2D eigenvalue weighted by atomic mass is 35.5. The van der Waals surface area contributed by atoms with Crippen molar-refractivity contribution < 1.29 is 58.3 Å². The van der Waals surface area contributed by atoms with Crippen LogP contribution >= 0.6 is 11.6 Å². The number of carboxylic acids is 5. The molecule has 20 rings (SSSR count).